The maximum Gasteiger partial charge on any atom is 0.313 e. The van der Waals surface area contributed by atoms with Gasteiger partial charge in [-0.05, 0) is 24.6 Å². The minimum atomic E-state index is -0.505. The predicted molar refractivity (Wildman–Crippen MR) is 60.0 cm³/mol. The van der Waals surface area contributed by atoms with E-state index in [0.717, 1.165) is 5.56 Å². The summed E-state index contributed by atoms with van der Waals surface area (Å²) in [6, 6.07) is 4.75. The molecule has 0 bridgehead atoms. The zero-order valence-corrected chi connectivity index (χ0v) is 9.18. The van der Waals surface area contributed by atoms with Crippen LogP contribution in [0.3, 0.4) is 0 Å². The summed E-state index contributed by atoms with van der Waals surface area (Å²) in [6.07, 6.45) is 3.34. The third-order valence-electron chi connectivity index (χ3n) is 2.11. The lowest BCUT2D eigenvalue weighted by molar-refractivity contribution is -0.384. The topological polar surface area (TPSA) is 61.0 Å². The molecule has 0 radical (unpaired) electrons. The Kier molecular flexibility index (Phi) is 2.62. The lowest BCUT2D eigenvalue weighted by Gasteiger charge is -2.03. The fraction of sp³-hybridized carbons (Fsp3) is 0.100. The quantitative estimate of drug-likeness (QED) is 0.596. The molecule has 0 aliphatic carbocycles. The van der Waals surface area contributed by atoms with E-state index in [-0.39, 0.29) is 10.7 Å². The molecule has 0 fully saturated rings. The number of benzene rings is 1. The number of hydrogen-bond donors (Lipinski definition) is 0. The summed E-state index contributed by atoms with van der Waals surface area (Å²) in [6.45, 7) is 1.86. The Balaban J connectivity index is 2.65. The molecule has 0 spiro atoms. The van der Waals surface area contributed by atoms with Gasteiger partial charge in [-0.15, -0.1) is 0 Å². The van der Waals surface area contributed by atoms with Crippen LogP contribution < -0.4 is 0 Å². The van der Waals surface area contributed by atoms with Crippen LogP contribution in [0.4, 0.5) is 5.69 Å². The van der Waals surface area contributed by atoms with Crippen molar-refractivity contribution in [1.29, 1.82) is 0 Å². The Hall–Kier alpha value is -1.88. The Morgan fingerprint density at radius 1 is 1.50 bits per heavy atom. The molecule has 0 N–H and O–H groups in total. The molecule has 16 heavy (non-hydrogen) atoms. The van der Waals surface area contributed by atoms with Crippen molar-refractivity contribution < 1.29 is 4.92 Å². The molecule has 5 nitrogen and oxygen atoms in total. The van der Waals surface area contributed by atoms with Gasteiger partial charge in [-0.3, -0.25) is 10.1 Å². The van der Waals surface area contributed by atoms with Crippen LogP contribution in [-0.4, -0.2) is 14.7 Å². The van der Waals surface area contributed by atoms with Gasteiger partial charge in [-0.2, -0.15) is 5.10 Å². The molecule has 0 aliphatic heterocycles. The van der Waals surface area contributed by atoms with Gasteiger partial charge in [0.25, 0.3) is 0 Å². The van der Waals surface area contributed by atoms with Crippen molar-refractivity contribution in [2.24, 2.45) is 0 Å². The largest absolute Gasteiger partial charge is 0.313 e. The van der Waals surface area contributed by atoms with Gasteiger partial charge in [-0.25, -0.2) is 4.68 Å². The fourth-order valence-electron chi connectivity index (χ4n) is 1.41. The van der Waals surface area contributed by atoms with E-state index in [0.29, 0.717) is 5.69 Å². The zero-order chi connectivity index (χ0) is 11.7. The van der Waals surface area contributed by atoms with Gasteiger partial charge in [0.05, 0.1) is 11.1 Å². The Labute approximate surface area is 96.4 Å². The van der Waals surface area contributed by atoms with Crippen LogP contribution in [0.1, 0.15) is 5.56 Å². The van der Waals surface area contributed by atoms with Gasteiger partial charge in [0, 0.05) is 6.20 Å². The van der Waals surface area contributed by atoms with E-state index in [1.54, 1.807) is 24.5 Å². The van der Waals surface area contributed by atoms with E-state index in [1.165, 1.54) is 10.7 Å². The van der Waals surface area contributed by atoms with Gasteiger partial charge in [-0.1, -0.05) is 17.7 Å². The predicted octanol–water partition coefficient (Wildman–Crippen LogP) is 2.74. The number of rotatable bonds is 2. The van der Waals surface area contributed by atoms with Gasteiger partial charge in [0.1, 0.15) is 10.7 Å². The van der Waals surface area contributed by atoms with Crippen molar-refractivity contribution in [3.63, 3.8) is 0 Å². The average molecular weight is 238 g/mol. The van der Waals surface area contributed by atoms with E-state index in [1.807, 2.05) is 6.92 Å². The minimum absolute atomic E-state index is 0.107. The standard InChI is InChI=1S/C10H8ClN3O2/c1-7-5-12-13(6-7)9-4-2-3-8(11)10(9)14(15)16/h2-6H,1H3. The molecule has 0 saturated heterocycles. The molecule has 2 aromatic rings. The second kappa shape index (κ2) is 3.94. The number of halogens is 1. The van der Waals surface area contributed by atoms with Gasteiger partial charge >= 0.3 is 5.69 Å². The summed E-state index contributed by atoms with van der Waals surface area (Å²) in [5.41, 5.74) is 1.16. The van der Waals surface area contributed by atoms with E-state index in [2.05, 4.69) is 5.10 Å². The maximum atomic E-state index is 10.9. The maximum absolute atomic E-state index is 10.9. The van der Waals surface area contributed by atoms with Crippen LogP contribution in [-0.2, 0) is 0 Å². The molecule has 0 unspecified atom stereocenters. The van der Waals surface area contributed by atoms with Crippen molar-refractivity contribution in [3.8, 4) is 5.69 Å². The molecule has 1 aromatic carbocycles. The third-order valence-corrected chi connectivity index (χ3v) is 2.41. The summed E-state index contributed by atoms with van der Waals surface area (Å²) in [7, 11) is 0. The van der Waals surface area contributed by atoms with Crippen molar-refractivity contribution >= 4 is 17.3 Å². The number of nitro groups is 1. The first-order valence-electron chi connectivity index (χ1n) is 4.54. The van der Waals surface area contributed by atoms with E-state index in [4.69, 9.17) is 11.6 Å². The molecular weight excluding hydrogens is 230 g/mol. The summed E-state index contributed by atoms with van der Waals surface area (Å²) >= 11 is 5.80. The van der Waals surface area contributed by atoms with Crippen LogP contribution in [0.15, 0.2) is 30.6 Å². The second-order valence-electron chi connectivity index (χ2n) is 3.33. The molecular formula is C10H8ClN3O2. The lowest BCUT2D eigenvalue weighted by Crippen LogP contribution is -2.00. The summed E-state index contributed by atoms with van der Waals surface area (Å²) < 4.78 is 1.44. The first-order valence-corrected chi connectivity index (χ1v) is 4.92. The van der Waals surface area contributed by atoms with Crippen molar-refractivity contribution in [1.82, 2.24) is 9.78 Å². The van der Waals surface area contributed by atoms with Crippen molar-refractivity contribution in [2.45, 2.75) is 6.92 Å². The van der Waals surface area contributed by atoms with E-state index < -0.39 is 4.92 Å². The lowest BCUT2D eigenvalue weighted by atomic mass is 10.2. The first-order chi connectivity index (χ1) is 7.59. The number of nitro benzene ring substituents is 1. The molecule has 0 aliphatic rings. The summed E-state index contributed by atoms with van der Waals surface area (Å²) in [4.78, 5) is 10.4. The molecule has 1 aromatic heterocycles. The van der Waals surface area contributed by atoms with Gasteiger partial charge < -0.3 is 0 Å². The number of nitrogens with zero attached hydrogens (tertiary/aromatic N) is 3. The Morgan fingerprint density at radius 2 is 2.25 bits per heavy atom. The second-order valence-corrected chi connectivity index (χ2v) is 3.73. The number of para-hydroxylation sites is 1. The van der Waals surface area contributed by atoms with Gasteiger partial charge in [0.15, 0.2) is 0 Å². The monoisotopic (exact) mass is 237 g/mol. The molecule has 1 heterocycles. The Bertz CT molecular complexity index is 551. The number of hydrogen-bond acceptors (Lipinski definition) is 3. The highest BCUT2D eigenvalue weighted by atomic mass is 35.5. The van der Waals surface area contributed by atoms with E-state index >= 15 is 0 Å². The molecule has 0 saturated carbocycles. The van der Waals surface area contributed by atoms with Crippen LogP contribution in [0.2, 0.25) is 5.02 Å². The normalized spacial score (nSPS) is 10.4. The Morgan fingerprint density at radius 3 is 2.81 bits per heavy atom. The zero-order valence-electron chi connectivity index (χ0n) is 8.42. The first kappa shape index (κ1) is 10.6. The molecule has 2 rings (SSSR count). The van der Waals surface area contributed by atoms with Crippen molar-refractivity contribution in [2.75, 3.05) is 0 Å². The van der Waals surface area contributed by atoms with E-state index in [9.17, 15) is 10.1 Å². The SMILES string of the molecule is Cc1cnn(-c2cccc(Cl)c2[N+](=O)[O-])c1. The molecule has 0 amide bonds. The fourth-order valence-corrected chi connectivity index (χ4v) is 1.65. The third kappa shape index (κ3) is 1.77. The van der Waals surface area contributed by atoms with Gasteiger partial charge in [0.2, 0.25) is 0 Å². The highest BCUT2D eigenvalue weighted by Crippen LogP contribution is 2.30. The van der Waals surface area contributed by atoms with Crippen molar-refractivity contribution in [3.05, 3.63) is 51.3 Å². The highest BCUT2D eigenvalue weighted by Gasteiger charge is 2.19. The summed E-state index contributed by atoms with van der Waals surface area (Å²) in [5, 5.41) is 15.0. The highest BCUT2D eigenvalue weighted by molar-refractivity contribution is 6.33. The minimum Gasteiger partial charge on any atom is -0.258 e. The molecule has 0 atom stereocenters. The van der Waals surface area contributed by atoms with Crippen LogP contribution >= 0.6 is 11.6 Å². The molecule has 6 heteroatoms. The smallest absolute Gasteiger partial charge is 0.258 e. The summed E-state index contributed by atoms with van der Waals surface area (Å²) in [5.74, 6) is 0. The number of aryl methyl sites for hydroxylation is 1. The van der Waals surface area contributed by atoms with Crippen LogP contribution in [0.5, 0.6) is 0 Å². The average Bonchev–Trinajstić information content (AvgIpc) is 2.63. The van der Waals surface area contributed by atoms with Crippen LogP contribution in [0.25, 0.3) is 5.69 Å². The van der Waals surface area contributed by atoms with Crippen LogP contribution in [0, 0.1) is 17.0 Å². The molecule has 82 valence electrons. The number of aromatic nitrogens is 2.